The molecule has 2 nitrogen and oxygen atoms in total. The fourth-order valence-electron chi connectivity index (χ4n) is 0.166. The topological polar surface area (TPSA) is 26.3 Å². The molecule has 0 saturated carbocycles. The number of rotatable bonds is 3. The van der Waals surface area contributed by atoms with E-state index in [1.165, 1.54) is 0 Å². The molecule has 0 fully saturated rings. The molecule has 0 unspecified atom stereocenters. The van der Waals surface area contributed by atoms with Crippen molar-refractivity contribution in [2.75, 3.05) is 13.7 Å². The van der Waals surface area contributed by atoms with Gasteiger partial charge < -0.3 is 12.4 Å². The number of hydrogen-bond acceptors (Lipinski definition) is 2. The average molecular weight is 227 g/mol. The first-order valence-electron chi connectivity index (χ1n) is 1.84. The van der Waals surface area contributed by atoms with Crippen molar-refractivity contribution in [2.45, 2.75) is 6.42 Å². The summed E-state index contributed by atoms with van der Waals surface area (Å²) in [6.45, 7) is 0.545. The third-order valence-electron chi connectivity index (χ3n) is 0.440. The number of carbonyl (C=O) groups excluding carboxylic acids is 1. The summed E-state index contributed by atoms with van der Waals surface area (Å²) >= 11 is 0. The van der Waals surface area contributed by atoms with Crippen molar-refractivity contribution in [2.24, 2.45) is 0 Å². The summed E-state index contributed by atoms with van der Waals surface area (Å²) in [5, 5.41) is 0. The number of methoxy groups -OCH3 is 1. The van der Waals surface area contributed by atoms with Crippen molar-refractivity contribution in [1.82, 2.24) is 0 Å². The van der Waals surface area contributed by atoms with Gasteiger partial charge in [0.2, 0.25) is 0 Å². The Bertz CT molecular complexity index is 45.5. The fraction of sp³-hybridized carbons (Fsp3) is 0.750. The molecule has 7 heavy (non-hydrogen) atoms. The summed E-state index contributed by atoms with van der Waals surface area (Å²) in [6.07, 6.45) is 1.35. The van der Waals surface area contributed by atoms with Gasteiger partial charge in [0, 0.05) is 13.5 Å². The van der Waals surface area contributed by atoms with Crippen molar-refractivity contribution in [3.8, 4) is 0 Å². The predicted molar refractivity (Wildman–Crippen MR) is 30.5 cm³/mol. The molecule has 0 aromatic heterocycles. The van der Waals surface area contributed by atoms with Gasteiger partial charge in [0.1, 0.15) is 6.29 Å². The van der Waals surface area contributed by atoms with Crippen molar-refractivity contribution in [3.63, 3.8) is 0 Å². The SMILES string of the molecule is COCCC=O.[Ba+2].[H-].[H-]. The predicted octanol–water partition coefficient (Wildman–Crippen LogP) is 0.0660. The van der Waals surface area contributed by atoms with E-state index in [-0.39, 0.29) is 51.7 Å². The van der Waals surface area contributed by atoms with E-state index in [0.717, 1.165) is 6.29 Å². The van der Waals surface area contributed by atoms with E-state index in [9.17, 15) is 4.79 Å². The van der Waals surface area contributed by atoms with Gasteiger partial charge in [-0.15, -0.1) is 0 Å². The summed E-state index contributed by atoms with van der Waals surface area (Å²) in [7, 11) is 1.57. The van der Waals surface area contributed by atoms with E-state index < -0.39 is 0 Å². The molecule has 0 aromatic carbocycles. The van der Waals surface area contributed by atoms with Crippen molar-refractivity contribution in [3.05, 3.63) is 0 Å². The van der Waals surface area contributed by atoms with Crippen molar-refractivity contribution < 1.29 is 12.4 Å². The van der Waals surface area contributed by atoms with E-state index >= 15 is 0 Å². The average Bonchev–Trinajstić information content (AvgIpc) is 1.61. The molecule has 0 aliphatic carbocycles. The molecule has 0 aliphatic rings. The van der Waals surface area contributed by atoms with Crippen LogP contribution in [0.1, 0.15) is 9.27 Å². The van der Waals surface area contributed by atoms with Crippen LogP contribution in [-0.2, 0) is 9.53 Å². The smallest absolute Gasteiger partial charge is 1.00 e. The first-order valence-corrected chi connectivity index (χ1v) is 1.84. The van der Waals surface area contributed by atoms with Crippen LogP contribution in [0.25, 0.3) is 0 Å². The molecule has 0 heterocycles. The molecular formula is C4H10BaO2. The number of hydrogen-bond donors (Lipinski definition) is 0. The Balaban J connectivity index is -0.0000000417. The van der Waals surface area contributed by atoms with Gasteiger partial charge in [0.25, 0.3) is 0 Å². The molecule has 3 heteroatoms. The molecule has 0 spiro atoms. The molecule has 0 amide bonds. The van der Waals surface area contributed by atoms with Crippen LogP contribution in [0.2, 0.25) is 0 Å². The van der Waals surface area contributed by atoms with Crippen LogP contribution in [0, 0.1) is 0 Å². The normalized spacial score (nSPS) is 7.00. The van der Waals surface area contributed by atoms with Crippen molar-refractivity contribution >= 4 is 55.2 Å². The molecule has 0 aliphatic heterocycles. The van der Waals surface area contributed by atoms with E-state index in [1.807, 2.05) is 0 Å². The van der Waals surface area contributed by atoms with E-state index in [2.05, 4.69) is 4.74 Å². The zero-order valence-corrected chi connectivity index (χ0v) is 8.96. The molecule has 0 aromatic rings. The first-order chi connectivity index (χ1) is 2.91. The molecule has 40 valence electrons. The first kappa shape index (κ1) is 11.1. The van der Waals surface area contributed by atoms with Crippen LogP contribution in [0.15, 0.2) is 0 Å². The number of carbonyl (C=O) groups is 1. The zero-order chi connectivity index (χ0) is 4.83. The largest absolute Gasteiger partial charge is 2.00 e. The van der Waals surface area contributed by atoms with Crippen LogP contribution in [0.5, 0.6) is 0 Å². The Kier molecular flexibility index (Phi) is 16.2. The van der Waals surface area contributed by atoms with Gasteiger partial charge >= 0.3 is 48.9 Å². The quantitative estimate of drug-likeness (QED) is 0.387. The summed E-state index contributed by atoms with van der Waals surface area (Å²) in [5.74, 6) is 0. The minimum absolute atomic E-state index is 0. The zero-order valence-electron chi connectivity index (χ0n) is 6.52. The second kappa shape index (κ2) is 10.2. The monoisotopic (exact) mass is 228 g/mol. The Morgan fingerprint density at radius 1 is 1.86 bits per heavy atom. The maximum Gasteiger partial charge on any atom is 2.00 e. The summed E-state index contributed by atoms with van der Waals surface area (Å²) in [5.41, 5.74) is 0. The van der Waals surface area contributed by atoms with Gasteiger partial charge in [0.15, 0.2) is 0 Å². The summed E-state index contributed by atoms with van der Waals surface area (Å²) < 4.78 is 4.55. The molecular weight excluding hydrogens is 217 g/mol. The van der Waals surface area contributed by atoms with Crippen LogP contribution >= 0.6 is 0 Å². The van der Waals surface area contributed by atoms with Gasteiger partial charge in [-0.25, -0.2) is 0 Å². The van der Waals surface area contributed by atoms with Gasteiger partial charge in [-0.2, -0.15) is 0 Å². The van der Waals surface area contributed by atoms with Crippen LogP contribution in [0.4, 0.5) is 0 Å². The standard InChI is InChI=1S/C4H8O2.Ba.2H/c1-6-4-2-3-5;;;/h3H,2,4H2,1H3;;;/q;+2;2*-1. The molecule has 0 N–H and O–H groups in total. The Hall–Kier alpha value is 1.20. The Morgan fingerprint density at radius 2 is 2.43 bits per heavy atom. The molecule has 0 bridgehead atoms. The van der Waals surface area contributed by atoms with Gasteiger partial charge in [-0.3, -0.25) is 0 Å². The summed E-state index contributed by atoms with van der Waals surface area (Å²) in [6, 6.07) is 0. The molecule has 0 atom stereocenters. The van der Waals surface area contributed by atoms with E-state index in [1.54, 1.807) is 7.11 Å². The maximum absolute atomic E-state index is 9.48. The van der Waals surface area contributed by atoms with Gasteiger partial charge in [0.05, 0.1) is 6.61 Å². The van der Waals surface area contributed by atoms with Crippen LogP contribution in [0.3, 0.4) is 0 Å². The Labute approximate surface area is 86.7 Å². The molecule has 0 rings (SSSR count). The second-order valence-corrected chi connectivity index (χ2v) is 0.948. The van der Waals surface area contributed by atoms with E-state index in [4.69, 9.17) is 0 Å². The third kappa shape index (κ3) is 11.0. The maximum atomic E-state index is 9.48. The van der Waals surface area contributed by atoms with E-state index in [0.29, 0.717) is 13.0 Å². The second-order valence-electron chi connectivity index (χ2n) is 0.948. The minimum Gasteiger partial charge on any atom is -1.00 e. The number of ether oxygens (including phenoxy) is 1. The van der Waals surface area contributed by atoms with Crippen LogP contribution < -0.4 is 0 Å². The van der Waals surface area contributed by atoms with Crippen molar-refractivity contribution in [1.29, 1.82) is 0 Å². The fourth-order valence-corrected chi connectivity index (χ4v) is 0.166. The minimum atomic E-state index is 0. The Morgan fingerprint density at radius 3 is 2.57 bits per heavy atom. The van der Waals surface area contributed by atoms with Crippen LogP contribution in [-0.4, -0.2) is 68.9 Å². The third-order valence-corrected chi connectivity index (χ3v) is 0.440. The van der Waals surface area contributed by atoms with Gasteiger partial charge in [-0.05, 0) is 0 Å². The number of aldehydes is 1. The molecule has 0 saturated heterocycles. The van der Waals surface area contributed by atoms with Gasteiger partial charge in [-0.1, -0.05) is 0 Å². The molecule has 0 radical (unpaired) electrons. The summed E-state index contributed by atoms with van der Waals surface area (Å²) in [4.78, 5) is 9.48.